The Balaban J connectivity index is 1.54. The Morgan fingerprint density at radius 1 is 1.02 bits per heavy atom. The topological polar surface area (TPSA) is 166 Å². The molecule has 2 amide bonds. The number of H-pyrrole nitrogens is 1. The lowest BCUT2D eigenvalue weighted by Gasteiger charge is -2.24. The monoisotopic (exact) mass is 684 g/mol. The molecule has 0 bridgehead atoms. The second-order valence-corrected chi connectivity index (χ2v) is 12.2. The Kier molecular flexibility index (Phi) is 11.4. The highest BCUT2D eigenvalue weighted by atomic mass is 16.5. The minimum atomic E-state index is -0.757. The Hall–Kier alpha value is -5.43. The maximum atomic E-state index is 14.0. The van der Waals surface area contributed by atoms with E-state index in [0.29, 0.717) is 77.1 Å². The molecule has 0 saturated carbocycles. The molecule has 0 saturated heterocycles. The highest BCUT2D eigenvalue weighted by molar-refractivity contribution is 5.97. The number of hydrogen-bond donors (Lipinski definition) is 4. The molecule has 3 atom stereocenters. The summed E-state index contributed by atoms with van der Waals surface area (Å²) in [7, 11) is 6.23. The lowest BCUT2D eigenvalue weighted by Crippen LogP contribution is -2.40. The predicted molar refractivity (Wildman–Crippen MR) is 191 cm³/mol. The number of fused-ring (bicyclic) bond motifs is 3. The van der Waals surface area contributed by atoms with Gasteiger partial charge < -0.3 is 34.9 Å². The molecule has 0 unspecified atom stereocenters. The van der Waals surface area contributed by atoms with E-state index in [1.165, 1.54) is 20.1 Å². The van der Waals surface area contributed by atoms with Crippen LogP contribution in [0.3, 0.4) is 0 Å². The molecule has 13 nitrogen and oxygen atoms in total. The van der Waals surface area contributed by atoms with Crippen LogP contribution in [0.2, 0.25) is 0 Å². The van der Waals surface area contributed by atoms with Gasteiger partial charge in [-0.05, 0) is 65.8 Å². The summed E-state index contributed by atoms with van der Waals surface area (Å²) in [4.78, 5) is 44.7. The maximum absolute atomic E-state index is 14.0. The van der Waals surface area contributed by atoms with Gasteiger partial charge >= 0.3 is 0 Å². The van der Waals surface area contributed by atoms with Gasteiger partial charge in [0.2, 0.25) is 23.0 Å². The molecule has 264 valence electrons. The predicted octanol–water partition coefficient (Wildman–Crippen LogP) is 5.26. The largest absolute Gasteiger partial charge is 0.493 e. The fraction of sp³-hybridized carbons (Fsp3) is 0.378. The van der Waals surface area contributed by atoms with Crippen LogP contribution in [0.15, 0.2) is 53.3 Å². The number of nitrogens with zero attached hydrogens (tertiary/aromatic N) is 2. The number of benzene rings is 2. The molecule has 13 heteroatoms. The Labute approximate surface area is 291 Å². The molecule has 1 aliphatic rings. The van der Waals surface area contributed by atoms with Gasteiger partial charge in [0, 0.05) is 30.8 Å². The van der Waals surface area contributed by atoms with Crippen molar-refractivity contribution in [2.45, 2.75) is 58.7 Å². The van der Waals surface area contributed by atoms with Crippen molar-refractivity contribution < 1.29 is 28.5 Å². The number of nitrogens with one attached hydrogen (secondary N) is 4. The van der Waals surface area contributed by atoms with E-state index in [1.807, 2.05) is 38.1 Å². The van der Waals surface area contributed by atoms with E-state index >= 15 is 0 Å². The molecule has 4 aromatic rings. The first kappa shape index (κ1) is 35.9. The molecule has 1 aliphatic carbocycles. The van der Waals surface area contributed by atoms with Crippen LogP contribution in [-0.4, -0.2) is 61.5 Å². The summed E-state index contributed by atoms with van der Waals surface area (Å²) in [6.07, 6.45) is 1.78. The van der Waals surface area contributed by atoms with Crippen LogP contribution in [0.25, 0.3) is 22.5 Å². The number of methoxy groups -OCH3 is 4. The number of rotatable bonds is 13. The second-order valence-electron chi connectivity index (χ2n) is 12.2. The van der Waals surface area contributed by atoms with Crippen molar-refractivity contribution in [1.29, 1.82) is 0 Å². The van der Waals surface area contributed by atoms with E-state index in [9.17, 15) is 14.4 Å². The number of aromatic nitrogens is 3. The Bertz CT molecular complexity index is 1930. The molecule has 1 aromatic heterocycles. The van der Waals surface area contributed by atoms with Crippen LogP contribution >= 0.6 is 0 Å². The van der Waals surface area contributed by atoms with Crippen molar-refractivity contribution in [1.82, 2.24) is 20.5 Å². The zero-order valence-electron chi connectivity index (χ0n) is 29.4. The third kappa shape index (κ3) is 7.57. The highest BCUT2D eigenvalue weighted by Gasteiger charge is 2.30. The summed E-state index contributed by atoms with van der Waals surface area (Å²) in [6, 6.07) is 13.0. The first-order valence-electron chi connectivity index (χ1n) is 16.5. The van der Waals surface area contributed by atoms with E-state index in [2.05, 4.69) is 31.1 Å². The zero-order chi connectivity index (χ0) is 35.9. The maximum Gasteiger partial charge on any atom is 0.247 e. The standard InChI is InChI=1S/C37H44N6O7/c1-8-20(2)33(37(46)39-24-11-9-10-23(16-24)36-41-31(19-47-4)42-43-36)40-28-15-13-25-26(18-29(28)45)27(38-21(3)44)14-12-22-17-30(48-5)34(49-6)35(50-7)32(22)25/h9-11,13,15-18,20,27,33H,8,12,14,19H2,1-7H3,(H,38,44)(H,39,46)(H,40,45)(H,41,42,43)/t20-,27+,33+/m1/s1. The van der Waals surface area contributed by atoms with Crippen molar-refractivity contribution in [2.24, 2.45) is 5.92 Å². The normalized spacial score (nSPS) is 14.7. The number of anilines is 2. The molecule has 3 aromatic carbocycles. The first-order chi connectivity index (χ1) is 24.1. The lowest BCUT2D eigenvalue weighted by atomic mass is 9.95. The number of amides is 2. The smallest absolute Gasteiger partial charge is 0.247 e. The van der Waals surface area contributed by atoms with Crippen molar-refractivity contribution in [3.8, 4) is 39.8 Å². The van der Waals surface area contributed by atoms with Gasteiger partial charge in [0.05, 0.1) is 33.1 Å². The van der Waals surface area contributed by atoms with E-state index in [0.717, 1.165) is 11.1 Å². The summed E-state index contributed by atoms with van der Waals surface area (Å²) in [5.41, 5.74) is 4.16. The summed E-state index contributed by atoms with van der Waals surface area (Å²) in [6.45, 7) is 5.69. The van der Waals surface area contributed by atoms with Crippen LogP contribution < -0.4 is 35.6 Å². The van der Waals surface area contributed by atoms with E-state index in [-0.39, 0.29) is 28.8 Å². The van der Waals surface area contributed by atoms with Crippen LogP contribution in [0.5, 0.6) is 17.2 Å². The minimum absolute atomic E-state index is 0.143. The molecule has 50 heavy (non-hydrogen) atoms. The SMILES string of the molecule is CC[C@@H](C)[C@H](Nc1ccc2c(cc1=O)[C@@H](NC(C)=O)CCc1cc(OC)c(OC)c(OC)c1-2)C(=O)Nc1cccc(-c2n[nH]c(COC)n2)c1. The van der Waals surface area contributed by atoms with Crippen molar-refractivity contribution in [3.05, 3.63) is 75.7 Å². The third-order valence-electron chi connectivity index (χ3n) is 8.92. The van der Waals surface area contributed by atoms with E-state index in [1.54, 1.807) is 39.5 Å². The summed E-state index contributed by atoms with van der Waals surface area (Å²) in [5.74, 6) is 1.78. The molecule has 0 fully saturated rings. The minimum Gasteiger partial charge on any atom is -0.493 e. The van der Waals surface area contributed by atoms with Crippen LogP contribution in [0, 0.1) is 5.92 Å². The number of aryl methyl sites for hydroxylation is 1. The van der Waals surface area contributed by atoms with Gasteiger partial charge in [-0.2, -0.15) is 5.10 Å². The fourth-order valence-electron chi connectivity index (χ4n) is 6.28. The number of aromatic amines is 1. The number of carbonyl (C=O) groups excluding carboxylic acids is 2. The third-order valence-corrected chi connectivity index (χ3v) is 8.92. The first-order valence-corrected chi connectivity index (χ1v) is 16.5. The number of carbonyl (C=O) groups is 2. The van der Waals surface area contributed by atoms with Gasteiger partial charge in [-0.15, -0.1) is 0 Å². The van der Waals surface area contributed by atoms with Crippen LogP contribution in [-0.2, 0) is 27.4 Å². The fourth-order valence-corrected chi connectivity index (χ4v) is 6.28. The van der Waals surface area contributed by atoms with Gasteiger partial charge in [-0.25, -0.2) is 4.98 Å². The zero-order valence-corrected chi connectivity index (χ0v) is 29.4. The average Bonchev–Trinajstić information content (AvgIpc) is 3.46. The van der Waals surface area contributed by atoms with Gasteiger partial charge in [0.1, 0.15) is 12.6 Å². The summed E-state index contributed by atoms with van der Waals surface area (Å²) >= 11 is 0. The molecule has 0 radical (unpaired) electrons. The van der Waals surface area contributed by atoms with Gasteiger partial charge in [-0.3, -0.25) is 19.5 Å². The summed E-state index contributed by atoms with van der Waals surface area (Å²) < 4.78 is 22.3. The highest BCUT2D eigenvalue weighted by Crippen LogP contribution is 2.50. The molecule has 0 spiro atoms. The Morgan fingerprint density at radius 3 is 2.48 bits per heavy atom. The molecule has 0 aliphatic heterocycles. The van der Waals surface area contributed by atoms with Crippen LogP contribution in [0.4, 0.5) is 11.4 Å². The quantitative estimate of drug-likeness (QED) is 0.146. The Morgan fingerprint density at radius 2 is 1.80 bits per heavy atom. The summed E-state index contributed by atoms with van der Waals surface area (Å²) in [5, 5.41) is 16.4. The molecule has 4 N–H and O–H groups in total. The van der Waals surface area contributed by atoms with E-state index in [4.69, 9.17) is 18.9 Å². The van der Waals surface area contributed by atoms with Crippen molar-refractivity contribution in [3.63, 3.8) is 0 Å². The molecule has 1 heterocycles. The van der Waals surface area contributed by atoms with Gasteiger partial charge in [0.25, 0.3) is 0 Å². The lowest BCUT2D eigenvalue weighted by molar-refractivity contribution is -0.120. The van der Waals surface area contributed by atoms with Gasteiger partial charge in [-0.1, -0.05) is 38.5 Å². The molecule has 5 rings (SSSR count). The molecular formula is C37H44N6O7. The second kappa shape index (κ2) is 15.9. The van der Waals surface area contributed by atoms with Crippen molar-refractivity contribution in [2.75, 3.05) is 39.1 Å². The molecular weight excluding hydrogens is 640 g/mol. The average molecular weight is 685 g/mol. The number of hydrogen-bond acceptors (Lipinski definition) is 10. The van der Waals surface area contributed by atoms with Crippen LogP contribution in [0.1, 0.15) is 56.6 Å². The van der Waals surface area contributed by atoms with Crippen molar-refractivity contribution >= 4 is 23.2 Å². The number of ether oxygens (including phenoxy) is 4. The van der Waals surface area contributed by atoms with E-state index < -0.39 is 12.1 Å². The van der Waals surface area contributed by atoms with Gasteiger partial charge in [0.15, 0.2) is 23.1 Å².